The van der Waals surface area contributed by atoms with Crippen LogP contribution in [0, 0.1) is 0 Å². The zero-order valence-electron chi connectivity index (χ0n) is 9.71. The minimum Gasteiger partial charge on any atom is -0.464 e. The quantitative estimate of drug-likeness (QED) is 0.647. The van der Waals surface area contributed by atoms with Gasteiger partial charge < -0.3 is 9.64 Å². The first-order valence-corrected chi connectivity index (χ1v) is 5.52. The van der Waals surface area contributed by atoms with Gasteiger partial charge in [0, 0.05) is 13.5 Å². The number of hydrogen-bond donors (Lipinski definition) is 0. The topological polar surface area (TPSA) is 46.6 Å². The van der Waals surface area contributed by atoms with Gasteiger partial charge in [0.2, 0.25) is 5.91 Å². The summed E-state index contributed by atoms with van der Waals surface area (Å²) in [6, 6.07) is 0. The van der Waals surface area contributed by atoms with Crippen molar-refractivity contribution in [2.75, 3.05) is 13.7 Å². The van der Waals surface area contributed by atoms with Crippen molar-refractivity contribution >= 4 is 11.9 Å². The second kappa shape index (κ2) is 4.64. The summed E-state index contributed by atoms with van der Waals surface area (Å²) in [4.78, 5) is 24.9. The van der Waals surface area contributed by atoms with E-state index in [0.29, 0.717) is 13.0 Å². The maximum Gasteiger partial charge on any atom is 0.332 e. The molecule has 1 aliphatic rings. The Kier molecular flexibility index (Phi) is 3.72. The molecular weight excluding hydrogens is 194 g/mol. The molecule has 4 heteroatoms. The summed E-state index contributed by atoms with van der Waals surface area (Å²) in [6.45, 7) is 4.11. The lowest BCUT2D eigenvalue weighted by molar-refractivity contribution is -0.155. The van der Waals surface area contributed by atoms with Crippen LogP contribution in [0.25, 0.3) is 0 Å². The van der Waals surface area contributed by atoms with E-state index in [-0.39, 0.29) is 11.9 Å². The Morgan fingerprint density at radius 3 is 2.33 bits per heavy atom. The van der Waals surface area contributed by atoms with Crippen LogP contribution in [-0.4, -0.2) is 36.0 Å². The van der Waals surface area contributed by atoms with Gasteiger partial charge in [-0.2, -0.15) is 0 Å². The summed E-state index contributed by atoms with van der Waals surface area (Å²) < 4.78 is 4.99. The second-order valence-electron chi connectivity index (χ2n) is 3.95. The van der Waals surface area contributed by atoms with E-state index in [1.807, 2.05) is 6.92 Å². The third-order valence-electron chi connectivity index (χ3n) is 2.86. The van der Waals surface area contributed by atoms with Crippen molar-refractivity contribution in [1.82, 2.24) is 4.90 Å². The molecule has 86 valence electrons. The Hall–Kier alpha value is -1.06. The zero-order chi connectivity index (χ0) is 11.5. The average molecular weight is 213 g/mol. The highest BCUT2D eigenvalue weighted by Gasteiger charge is 2.56. The zero-order valence-corrected chi connectivity index (χ0v) is 9.71. The van der Waals surface area contributed by atoms with Crippen LogP contribution in [0.4, 0.5) is 0 Å². The van der Waals surface area contributed by atoms with Crippen LogP contribution < -0.4 is 0 Å². The number of hydrogen-bond acceptors (Lipinski definition) is 3. The molecule has 0 N–H and O–H groups in total. The van der Waals surface area contributed by atoms with Crippen LogP contribution in [0.1, 0.15) is 39.5 Å². The van der Waals surface area contributed by atoms with Crippen molar-refractivity contribution in [3.05, 3.63) is 0 Å². The predicted octanol–water partition coefficient (Wildman–Crippen LogP) is 1.34. The molecule has 0 radical (unpaired) electrons. The first-order chi connectivity index (χ1) is 7.08. The molecule has 1 fully saturated rings. The lowest BCUT2D eigenvalue weighted by Gasteiger charge is -2.26. The molecule has 1 amide bonds. The summed E-state index contributed by atoms with van der Waals surface area (Å²) in [6.07, 6.45) is 2.77. The molecule has 0 unspecified atom stereocenters. The number of ether oxygens (including phenoxy) is 1. The maximum atomic E-state index is 11.7. The van der Waals surface area contributed by atoms with Gasteiger partial charge in [-0.1, -0.05) is 6.92 Å². The predicted molar refractivity (Wildman–Crippen MR) is 56.3 cm³/mol. The van der Waals surface area contributed by atoms with Gasteiger partial charge in [-0.05, 0) is 26.2 Å². The van der Waals surface area contributed by atoms with Gasteiger partial charge in [0.25, 0.3) is 0 Å². The number of nitrogens with zero attached hydrogens (tertiary/aromatic N) is 1. The second-order valence-corrected chi connectivity index (χ2v) is 3.95. The minimum atomic E-state index is -0.637. The molecule has 0 aromatic rings. The van der Waals surface area contributed by atoms with Crippen LogP contribution in [0.15, 0.2) is 0 Å². The van der Waals surface area contributed by atoms with E-state index >= 15 is 0 Å². The SMILES string of the molecule is CCCC(=O)N(C)C1(C(=O)OCC)CC1. The van der Waals surface area contributed by atoms with Crippen LogP contribution in [0.5, 0.6) is 0 Å². The molecule has 0 saturated heterocycles. The van der Waals surface area contributed by atoms with Crippen molar-refractivity contribution in [2.24, 2.45) is 0 Å². The average Bonchev–Trinajstić information content (AvgIpc) is 2.98. The Labute approximate surface area is 90.6 Å². The molecule has 4 nitrogen and oxygen atoms in total. The molecule has 15 heavy (non-hydrogen) atoms. The summed E-state index contributed by atoms with van der Waals surface area (Å²) in [5.41, 5.74) is -0.637. The minimum absolute atomic E-state index is 0.0306. The fraction of sp³-hybridized carbons (Fsp3) is 0.818. The number of carbonyl (C=O) groups excluding carboxylic acids is 2. The third-order valence-corrected chi connectivity index (χ3v) is 2.86. The van der Waals surface area contributed by atoms with E-state index in [1.165, 1.54) is 0 Å². The van der Waals surface area contributed by atoms with Crippen LogP contribution in [0.3, 0.4) is 0 Å². The summed E-state index contributed by atoms with van der Waals surface area (Å²) >= 11 is 0. The van der Waals surface area contributed by atoms with Gasteiger partial charge >= 0.3 is 5.97 Å². The number of rotatable bonds is 5. The van der Waals surface area contributed by atoms with E-state index in [4.69, 9.17) is 4.74 Å². The largest absolute Gasteiger partial charge is 0.464 e. The molecule has 1 rings (SSSR count). The van der Waals surface area contributed by atoms with Crippen molar-refractivity contribution in [3.8, 4) is 0 Å². The van der Waals surface area contributed by atoms with Gasteiger partial charge in [-0.25, -0.2) is 4.79 Å². The smallest absolute Gasteiger partial charge is 0.332 e. The van der Waals surface area contributed by atoms with Crippen molar-refractivity contribution in [2.45, 2.75) is 45.1 Å². The Morgan fingerprint density at radius 1 is 1.33 bits per heavy atom. The first-order valence-electron chi connectivity index (χ1n) is 5.52. The van der Waals surface area contributed by atoms with Gasteiger partial charge in [-0.15, -0.1) is 0 Å². The highest BCUT2D eigenvalue weighted by molar-refractivity contribution is 5.90. The number of amides is 1. The normalized spacial score (nSPS) is 17.0. The Bertz CT molecular complexity index is 259. The fourth-order valence-corrected chi connectivity index (χ4v) is 1.68. The molecule has 0 aromatic heterocycles. The molecule has 1 saturated carbocycles. The molecular formula is C11H19NO3. The van der Waals surface area contributed by atoms with Crippen LogP contribution in [-0.2, 0) is 14.3 Å². The highest BCUT2D eigenvalue weighted by Crippen LogP contribution is 2.42. The Balaban J connectivity index is 2.61. The standard InChI is InChI=1S/C11H19NO3/c1-4-6-9(13)12(3)11(7-8-11)10(14)15-5-2/h4-8H2,1-3H3. The Morgan fingerprint density at radius 2 is 1.93 bits per heavy atom. The molecule has 0 bridgehead atoms. The molecule has 0 heterocycles. The molecule has 0 aliphatic heterocycles. The molecule has 1 aliphatic carbocycles. The highest BCUT2D eigenvalue weighted by atomic mass is 16.5. The number of likely N-dealkylation sites (N-methyl/N-ethyl adjacent to an activating group) is 1. The number of esters is 1. The van der Waals surface area contributed by atoms with Crippen molar-refractivity contribution < 1.29 is 14.3 Å². The van der Waals surface area contributed by atoms with Gasteiger partial charge in [-0.3, -0.25) is 4.79 Å². The van der Waals surface area contributed by atoms with Crippen LogP contribution in [0.2, 0.25) is 0 Å². The lowest BCUT2D eigenvalue weighted by Crippen LogP contribution is -2.45. The third kappa shape index (κ3) is 2.30. The van der Waals surface area contributed by atoms with E-state index in [0.717, 1.165) is 19.3 Å². The monoisotopic (exact) mass is 213 g/mol. The van der Waals surface area contributed by atoms with Gasteiger partial charge in [0.15, 0.2) is 0 Å². The van der Waals surface area contributed by atoms with E-state index in [2.05, 4.69) is 0 Å². The van der Waals surface area contributed by atoms with E-state index in [1.54, 1.807) is 18.9 Å². The molecule has 0 aromatic carbocycles. The summed E-state index contributed by atoms with van der Waals surface area (Å²) in [5, 5.41) is 0. The first kappa shape index (κ1) is 12.0. The maximum absolute atomic E-state index is 11.7. The fourth-order valence-electron chi connectivity index (χ4n) is 1.68. The lowest BCUT2D eigenvalue weighted by atomic mass is 10.2. The molecule has 0 spiro atoms. The molecule has 0 atom stereocenters. The number of carbonyl (C=O) groups is 2. The van der Waals surface area contributed by atoms with Crippen molar-refractivity contribution in [3.63, 3.8) is 0 Å². The van der Waals surface area contributed by atoms with Crippen LogP contribution >= 0.6 is 0 Å². The summed E-state index contributed by atoms with van der Waals surface area (Å²) in [7, 11) is 1.70. The van der Waals surface area contributed by atoms with Crippen molar-refractivity contribution in [1.29, 1.82) is 0 Å². The van der Waals surface area contributed by atoms with Gasteiger partial charge in [0.1, 0.15) is 5.54 Å². The van der Waals surface area contributed by atoms with Gasteiger partial charge in [0.05, 0.1) is 6.61 Å². The van der Waals surface area contributed by atoms with E-state index < -0.39 is 5.54 Å². The summed E-state index contributed by atoms with van der Waals surface area (Å²) in [5.74, 6) is -0.222. The van der Waals surface area contributed by atoms with E-state index in [9.17, 15) is 9.59 Å².